The summed E-state index contributed by atoms with van der Waals surface area (Å²) in [5.41, 5.74) is 0. The smallest absolute Gasteiger partial charge is 0.306 e. The molecule has 1 rings (SSSR count). The maximum absolute atomic E-state index is 12.8. The largest absolute Gasteiger partial charge is 0.462 e. The predicted molar refractivity (Wildman–Crippen MR) is 252 cm³/mol. The quantitative estimate of drug-likeness (QED) is 0.0264. The van der Waals surface area contributed by atoms with E-state index in [0.29, 0.717) is 6.42 Å². The van der Waals surface area contributed by atoms with Gasteiger partial charge in [-0.1, -0.05) is 218 Å². The Kier molecular flexibility index (Phi) is 40.9. The second-order valence-electron chi connectivity index (χ2n) is 18.4. The van der Waals surface area contributed by atoms with Crippen LogP contribution in [-0.2, 0) is 28.5 Å². The molecule has 0 saturated carbocycles. The SMILES string of the molecule is C=CCCCCCCCCCCCCCCCC(=O)OC[C@H](CO[C@@H]1O[C@H](CO)[C@H](O)C(O)C1O)OC(=O)CCCCCCCCCCCCCCCCCCCCCCCC. The Morgan fingerprint density at radius 3 is 1.27 bits per heavy atom. The van der Waals surface area contributed by atoms with Gasteiger partial charge in [-0.15, -0.1) is 6.58 Å². The number of ether oxygens (including phenoxy) is 4. The number of aliphatic hydroxyl groups is 4. The molecular formula is C52H98O10. The summed E-state index contributed by atoms with van der Waals surface area (Å²) >= 11 is 0. The molecule has 0 spiro atoms. The molecule has 0 aromatic rings. The molecule has 10 nitrogen and oxygen atoms in total. The highest BCUT2D eigenvalue weighted by Crippen LogP contribution is 2.23. The van der Waals surface area contributed by atoms with Crippen molar-refractivity contribution in [1.29, 1.82) is 0 Å². The van der Waals surface area contributed by atoms with Gasteiger partial charge in [-0.25, -0.2) is 0 Å². The number of hydrogen-bond donors (Lipinski definition) is 4. The van der Waals surface area contributed by atoms with Crippen molar-refractivity contribution in [1.82, 2.24) is 0 Å². The molecule has 1 fully saturated rings. The van der Waals surface area contributed by atoms with E-state index in [1.54, 1.807) is 0 Å². The van der Waals surface area contributed by atoms with E-state index in [9.17, 15) is 30.0 Å². The second kappa shape index (κ2) is 43.3. The fourth-order valence-corrected chi connectivity index (χ4v) is 8.41. The molecule has 0 aromatic heterocycles. The molecule has 1 heterocycles. The first-order chi connectivity index (χ1) is 30.3. The molecule has 62 heavy (non-hydrogen) atoms. The summed E-state index contributed by atoms with van der Waals surface area (Å²) in [6.07, 6.45) is 39.7. The number of rotatable bonds is 46. The van der Waals surface area contributed by atoms with Crippen LogP contribution >= 0.6 is 0 Å². The minimum absolute atomic E-state index is 0.212. The molecule has 1 saturated heterocycles. The molecular weight excluding hydrogens is 785 g/mol. The summed E-state index contributed by atoms with van der Waals surface area (Å²) in [6.45, 7) is 5.00. The van der Waals surface area contributed by atoms with Crippen LogP contribution in [0.5, 0.6) is 0 Å². The highest BCUT2D eigenvalue weighted by Gasteiger charge is 2.44. The Hall–Kier alpha value is -1.56. The normalized spacial score (nSPS) is 19.4. The van der Waals surface area contributed by atoms with Crippen LogP contribution in [-0.4, -0.2) is 89.0 Å². The van der Waals surface area contributed by atoms with Crippen LogP contribution in [0.15, 0.2) is 12.7 Å². The lowest BCUT2D eigenvalue weighted by Gasteiger charge is -2.39. The summed E-state index contributed by atoms with van der Waals surface area (Å²) in [5.74, 6) is -0.793. The molecule has 6 atom stereocenters. The fraction of sp³-hybridized carbons (Fsp3) is 0.923. The van der Waals surface area contributed by atoms with Crippen LogP contribution in [0.1, 0.15) is 251 Å². The summed E-state index contributed by atoms with van der Waals surface area (Å²) in [5, 5.41) is 40.2. The number of unbranched alkanes of at least 4 members (excludes halogenated alkanes) is 34. The van der Waals surface area contributed by atoms with Crippen LogP contribution in [0.4, 0.5) is 0 Å². The predicted octanol–water partition coefficient (Wildman–Crippen LogP) is 12.3. The third-order valence-electron chi connectivity index (χ3n) is 12.5. The van der Waals surface area contributed by atoms with Gasteiger partial charge in [0, 0.05) is 12.8 Å². The topological polar surface area (TPSA) is 152 Å². The molecule has 0 aromatic carbocycles. The van der Waals surface area contributed by atoms with E-state index in [4.69, 9.17) is 18.9 Å². The zero-order chi connectivity index (χ0) is 45.1. The van der Waals surface area contributed by atoms with Gasteiger partial charge in [0.05, 0.1) is 13.2 Å². The Bertz CT molecular complexity index is 1010. The number of hydrogen-bond acceptors (Lipinski definition) is 10. The van der Waals surface area contributed by atoms with Crippen molar-refractivity contribution in [2.75, 3.05) is 19.8 Å². The number of carbonyl (C=O) groups is 2. The molecule has 0 amide bonds. The summed E-state index contributed by atoms with van der Waals surface area (Å²) in [6, 6.07) is 0. The average molecular weight is 883 g/mol. The maximum Gasteiger partial charge on any atom is 0.306 e. The molecule has 1 aliphatic rings. The van der Waals surface area contributed by atoms with Crippen LogP contribution in [0.2, 0.25) is 0 Å². The lowest BCUT2D eigenvalue weighted by atomic mass is 9.99. The van der Waals surface area contributed by atoms with Gasteiger partial charge < -0.3 is 39.4 Å². The van der Waals surface area contributed by atoms with Crippen molar-refractivity contribution in [2.45, 2.75) is 288 Å². The summed E-state index contributed by atoms with van der Waals surface area (Å²) in [7, 11) is 0. The number of esters is 2. The molecule has 0 bridgehead atoms. The van der Waals surface area contributed by atoms with Crippen LogP contribution in [0, 0.1) is 0 Å². The highest BCUT2D eigenvalue weighted by molar-refractivity contribution is 5.70. The number of aliphatic hydroxyl groups excluding tert-OH is 4. The van der Waals surface area contributed by atoms with Crippen LogP contribution < -0.4 is 0 Å². The molecule has 0 aliphatic carbocycles. The lowest BCUT2D eigenvalue weighted by Crippen LogP contribution is -2.59. The Morgan fingerprint density at radius 2 is 0.887 bits per heavy atom. The van der Waals surface area contributed by atoms with E-state index in [0.717, 1.165) is 44.9 Å². The fourth-order valence-electron chi connectivity index (χ4n) is 8.41. The third kappa shape index (κ3) is 33.9. The first kappa shape index (κ1) is 58.5. The van der Waals surface area contributed by atoms with Gasteiger partial charge in [0.25, 0.3) is 0 Å². The van der Waals surface area contributed by atoms with Gasteiger partial charge in [0.1, 0.15) is 31.0 Å². The second-order valence-corrected chi connectivity index (χ2v) is 18.4. The van der Waals surface area contributed by atoms with Gasteiger partial charge >= 0.3 is 11.9 Å². The van der Waals surface area contributed by atoms with Gasteiger partial charge in [-0.05, 0) is 25.7 Å². The number of allylic oxidation sites excluding steroid dienone is 1. The highest BCUT2D eigenvalue weighted by atomic mass is 16.7. The molecule has 4 N–H and O–H groups in total. The molecule has 1 aliphatic heterocycles. The zero-order valence-corrected chi connectivity index (χ0v) is 40.0. The van der Waals surface area contributed by atoms with Crippen molar-refractivity contribution in [3.63, 3.8) is 0 Å². The zero-order valence-electron chi connectivity index (χ0n) is 40.0. The average Bonchev–Trinajstić information content (AvgIpc) is 3.27. The van der Waals surface area contributed by atoms with Gasteiger partial charge in [0.2, 0.25) is 0 Å². The summed E-state index contributed by atoms with van der Waals surface area (Å²) < 4.78 is 22.3. The van der Waals surface area contributed by atoms with E-state index in [1.165, 1.54) is 180 Å². The first-order valence-electron chi connectivity index (χ1n) is 26.2. The van der Waals surface area contributed by atoms with Crippen molar-refractivity contribution >= 4 is 11.9 Å². The molecule has 2 unspecified atom stereocenters. The minimum Gasteiger partial charge on any atom is -0.462 e. The number of carbonyl (C=O) groups excluding carboxylic acids is 2. The molecule has 366 valence electrons. The van der Waals surface area contributed by atoms with Gasteiger partial charge in [-0.2, -0.15) is 0 Å². The van der Waals surface area contributed by atoms with Crippen molar-refractivity contribution in [2.24, 2.45) is 0 Å². The lowest BCUT2D eigenvalue weighted by molar-refractivity contribution is -0.305. The van der Waals surface area contributed by atoms with Crippen LogP contribution in [0.25, 0.3) is 0 Å². The van der Waals surface area contributed by atoms with Crippen molar-refractivity contribution in [3.8, 4) is 0 Å². The van der Waals surface area contributed by atoms with E-state index >= 15 is 0 Å². The minimum atomic E-state index is -1.59. The van der Waals surface area contributed by atoms with E-state index in [1.807, 2.05) is 6.08 Å². The van der Waals surface area contributed by atoms with Crippen molar-refractivity contribution < 1.29 is 49.0 Å². The molecule has 0 radical (unpaired) electrons. The Balaban J connectivity index is 2.21. The first-order valence-corrected chi connectivity index (χ1v) is 26.2. The van der Waals surface area contributed by atoms with Crippen LogP contribution in [0.3, 0.4) is 0 Å². The summed E-state index contributed by atoms with van der Waals surface area (Å²) in [4.78, 5) is 25.4. The third-order valence-corrected chi connectivity index (χ3v) is 12.5. The van der Waals surface area contributed by atoms with Crippen molar-refractivity contribution in [3.05, 3.63) is 12.7 Å². The molecule has 10 heteroatoms. The standard InChI is InChI=1S/C52H98O10/c1-3-5-7-9-11-13-15-17-19-20-21-22-23-24-25-27-29-31-33-35-37-39-41-48(55)61-45(44-60-52-51(58)50(57)49(56)46(42-53)62-52)43-59-47(54)40-38-36-34-32-30-28-26-18-16-14-12-10-8-6-4-2/h4,45-46,49-53,56-58H,2-3,5-44H2,1H3/t45-,46-,49+,50?,51?,52-/m1/s1. The Labute approximate surface area is 380 Å². The Morgan fingerprint density at radius 1 is 0.516 bits per heavy atom. The maximum atomic E-state index is 12.8. The van der Waals surface area contributed by atoms with E-state index in [2.05, 4.69) is 13.5 Å². The monoisotopic (exact) mass is 883 g/mol. The van der Waals surface area contributed by atoms with E-state index in [-0.39, 0.29) is 32.0 Å². The van der Waals surface area contributed by atoms with Gasteiger partial charge in [0.15, 0.2) is 12.4 Å². The van der Waals surface area contributed by atoms with E-state index < -0.39 is 49.4 Å². The van der Waals surface area contributed by atoms with Gasteiger partial charge in [-0.3, -0.25) is 9.59 Å².